The number of hydrogen-bond donors (Lipinski definition) is 2. The largest absolute Gasteiger partial charge is 0.494 e. The first-order valence-corrected chi connectivity index (χ1v) is 14.5. The molecule has 1 aromatic carbocycles. The summed E-state index contributed by atoms with van der Waals surface area (Å²) in [5.74, 6) is -0.952. The molecule has 0 unspecified atom stereocenters. The average Bonchev–Trinajstić information content (AvgIpc) is 3.38. The third kappa shape index (κ3) is 6.98. The van der Waals surface area contributed by atoms with E-state index in [1.54, 1.807) is 11.0 Å². The van der Waals surface area contributed by atoms with Crippen molar-refractivity contribution in [2.75, 3.05) is 19.7 Å². The third-order valence-electron chi connectivity index (χ3n) is 6.29. The zero-order valence-electron chi connectivity index (χ0n) is 20.8. The van der Waals surface area contributed by atoms with Gasteiger partial charge in [0, 0.05) is 18.0 Å². The van der Waals surface area contributed by atoms with Gasteiger partial charge in [-0.3, -0.25) is 4.79 Å². The molecule has 1 fully saturated rings. The van der Waals surface area contributed by atoms with Crippen LogP contribution in [0.15, 0.2) is 40.6 Å². The van der Waals surface area contributed by atoms with Crippen LogP contribution in [0.4, 0.5) is 4.79 Å². The number of hydrogen-bond acceptors (Lipinski definition) is 7. The molecule has 0 radical (unpaired) electrons. The number of carbonyl (C=O) groups excluding carboxylic acids is 1. The van der Waals surface area contributed by atoms with E-state index in [4.69, 9.17) is 9.47 Å². The van der Waals surface area contributed by atoms with Gasteiger partial charge in [0.2, 0.25) is 0 Å². The Morgan fingerprint density at radius 2 is 1.72 bits per heavy atom. The molecule has 2 heterocycles. The van der Waals surface area contributed by atoms with E-state index in [1.807, 2.05) is 45.0 Å². The normalized spacial score (nSPS) is 15.6. The molecule has 2 N–H and O–H groups in total. The number of carbonyl (C=O) groups is 2. The lowest BCUT2D eigenvalue weighted by atomic mass is 9.90. The van der Waals surface area contributed by atoms with E-state index < -0.39 is 34.0 Å². The molecule has 1 aliphatic rings. The van der Waals surface area contributed by atoms with E-state index in [0.29, 0.717) is 32.5 Å². The van der Waals surface area contributed by atoms with Crippen LogP contribution in [-0.2, 0) is 19.6 Å². The lowest BCUT2D eigenvalue weighted by molar-refractivity contribution is -0.140. The van der Waals surface area contributed by atoms with Crippen molar-refractivity contribution in [2.24, 2.45) is 5.92 Å². The molecule has 1 aromatic heterocycles. The second-order valence-corrected chi connectivity index (χ2v) is 11.7. The Labute approximate surface area is 216 Å². The van der Waals surface area contributed by atoms with E-state index in [9.17, 15) is 23.1 Å². The van der Waals surface area contributed by atoms with Crippen molar-refractivity contribution in [3.05, 3.63) is 36.4 Å². The van der Waals surface area contributed by atoms with Crippen molar-refractivity contribution in [1.29, 1.82) is 0 Å². The second-order valence-electron chi connectivity index (χ2n) is 8.66. The van der Waals surface area contributed by atoms with Crippen LogP contribution in [0.3, 0.4) is 0 Å². The summed E-state index contributed by atoms with van der Waals surface area (Å²) in [5, 5.41) is 9.81. The van der Waals surface area contributed by atoms with Crippen molar-refractivity contribution in [2.45, 2.75) is 62.8 Å². The van der Waals surface area contributed by atoms with Gasteiger partial charge in [-0.05, 0) is 80.5 Å². The Balaban J connectivity index is 1.65. The van der Waals surface area contributed by atoms with Crippen LogP contribution < -0.4 is 9.46 Å². The van der Waals surface area contributed by atoms with E-state index in [0.717, 1.165) is 40.4 Å². The summed E-state index contributed by atoms with van der Waals surface area (Å²) in [6.07, 6.45) is 1.62. The van der Waals surface area contributed by atoms with Crippen LogP contribution >= 0.6 is 11.3 Å². The number of ether oxygens (including phenoxy) is 2. The average molecular weight is 539 g/mol. The number of benzene rings is 1. The number of rotatable bonds is 11. The molecule has 1 atom stereocenters. The van der Waals surface area contributed by atoms with Crippen molar-refractivity contribution >= 4 is 33.4 Å². The van der Waals surface area contributed by atoms with Gasteiger partial charge in [-0.2, -0.15) is 4.72 Å². The smallest absolute Gasteiger partial charge is 0.410 e. The Morgan fingerprint density at radius 1 is 1.08 bits per heavy atom. The Bertz CT molecular complexity index is 1120. The molecule has 0 spiro atoms. The summed E-state index contributed by atoms with van der Waals surface area (Å²) < 4.78 is 39.5. The van der Waals surface area contributed by atoms with E-state index in [-0.39, 0.29) is 10.3 Å². The van der Waals surface area contributed by atoms with Gasteiger partial charge in [-0.15, -0.1) is 11.3 Å². The number of carboxylic acid groups (broad SMARTS) is 1. The van der Waals surface area contributed by atoms with Gasteiger partial charge in [0.25, 0.3) is 10.0 Å². The Hall–Kier alpha value is -2.63. The summed E-state index contributed by atoms with van der Waals surface area (Å²) in [6.45, 7) is 6.98. The maximum absolute atomic E-state index is 13.1. The van der Waals surface area contributed by atoms with Crippen LogP contribution in [0.5, 0.6) is 5.75 Å². The fraction of sp³-hybridized carbons (Fsp3) is 0.520. The fourth-order valence-corrected chi connectivity index (χ4v) is 6.75. The number of piperidine rings is 1. The van der Waals surface area contributed by atoms with Crippen LogP contribution in [0.1, 0.15) is 46.5 Å². The molecule has 11 heteroatoms. The minimum atomic E-state index is -4.05. The monoisotopic (exact) mass is 538 g/mol. The molecule has 36 heavy (non-hydrogen) atoms. The first kappa shape index (κ1) is 27.9. The molecule has 2 aromatic rings. The number of aliphatic carboxylic acids is 1. The highest BCUT2D eigenvalue weighted by molar-refractivity contribution is 7.91. The number of likely N-dealkylation sites (tertiary alicyclic amines) is 1. The van der Waals surface area contributed by atoms with Gasteiger partial charge in [-0.1, -0.05) is 13.8 Å². The van der Waals surface area contributed by atoms with Crippen LogP contribution in [0.2, 0.25) is 0 Å². The van der Waals surface area contributed by atoms with E-state index in [1.165, 1.54) is 6.07 Å². The van der Waals surface area contributed by atoms with Crippen LogP contribution in [0, 0.1) is 5.92 Å². The highest BCUT2D eigenvalue weighted by Crippen LogP contribution is 2.32. The Morgan fingerprint density at radius 3 is 2.28 bits per heavy atom. The SMILES string of the molecule is CCOc1ccc(-c2ccc(S(=O)(=O)N[C@@H](C(=O)O)C3CCN(C(=O)OC(CC)CC)CC3)s2)cc1. The van der Waals surface area contributed by atoms with Crippen molar-refractivity contribution in [1.82, 2.24) is 9.62 Å². The number of nitrogens with zero attached hydrogens (tertiary/aromatic N) is 1. The molecular weight excluding hydrogens is 504 g/mol. The molecule has 1 saturated heterocycles. The first-order valence-electron chi connectivity index (χ1n) is 12.2. The number of nitrogens with one attached hydrogen (secondary N) is 1. The Kier molecular flexibility index (Phi) is 9.75. The minimum Gasteiger partial charge on any atom is -0.494 e. The van der Waals surface area contributed by atoms with Gasteiger partial charge in [0.15, 0.2) is 0 Å². The van der Waals surface area contributed by atoms with E-state index in [2.05, 4.69) is 4.72 Å². The zero-order chi connectivity index (χ0) is 26.3. The lowest BCUT2D eigenvalue weighted by Crippen LogP contribution is -2.50. The molecule has 3 rings (SSSR count). The van der Waals surface area contributed by atoms with Gasteiger partial charge in [0.05, 0.1) is 6.61 Å². The highest BCUT2D eigenvalue weighted by Gasteiger charge is 2.36. The van der Waals surface area contributed by atoms with Crippen LogP contribution in [-0.4, -0.2) is 62.3 Å². The topological polar surface area (TPSA) is 122 Å². The first-order chi connectivity index (χ1) is 17.2. The predicted molar refractivity (Wildman–Crippen MR) is 138 cm³/mol. The molecule has 0 saturated carbocycles. The second kappa shape index (κ2) is 12.6. The minimum absolute atomic E-state index is 0.0452. The molecule has 0 aliphatic carbocycles. The summed E-state index contributed by atoms with van der Waals surface area (Å²) in [5.41, 5.74) is 0.840. The summed E-state index contributed by atoms with van der Waals surface area (Å²) in [7, 11) is -4.05. The summed E-state index contributed by atoms with van der Waals surface area (Å²) in [4.78, 5) is 26.7. The van der Waals surface area contributed by atoms with Crippen molar-refractivity contribution in [3.8, 4) is 16.2 Å². The van der Waals surface area contributed by atoms with Gasteiger partial charge >= 0.3 is 12.1 Å². The number of amides is 1. The van der Waals surface area contributed by atoms with Crippen molar-refractivity contribution in [3.63, 3.8) is 0 Å². The highest BCUT2D eigenvalue weighted by atomic mass is 32.2. The summed E-state index contributed by atoms with van der Waals surface area (Å²) >= 11 is 1.07. The van der Waals surface area contributed by atoms with Crippen molar-refractivity contribution < 1.29 is 32.6 Å². The molecule has 0 bridgehead atoms. The molecule has 1 amide bonds. The van der Waals surface area contributed by atoms with E-state index >= 15 is 0 Å². The third-order valence-corrected chi connectivity index (χ3v) is 9.36. The zero-order valence-corrected chi connectivity index (χ0v) is 22.4. The van der Waals surface area contributed by atoms with Crippen LogP contribution in [0.25, 0.3) is 10.4 Å². The van der Waals surface area contributed by atoms with Gasteiger partial charge < -0.3 is 19.5 Å². The maximum Gasteiger partial charge on any atom is 0.410 e. The fourth-order valence-electron chi connectivity index (χ4n) is 4.16. The lowest BCUT2D eigenvalue weighted by Gasteiger charge is -2.34. The molecular formula is C25H34N2O7S2. The summed E-state index contributed by atoms with van der Waals surface area (Å²) in [6, 6.07) is 9.23. The molecule has 1 aliphatic heterocycles. The predicted octanol–water partition coefficient (Wildman–Crippen LogP) is 4.58. The maximum atomic E-state index is 13.1. The number of sulfonamides is 1. The molecule has 9 nitrogen and oxygen atoms in total. The van der Waals surface area contributed by atoms with Gasteiger partial charge in [-0.25, -0.2) is 13.2 Å². The number of carboxylic acids is 1. The van der Waals surface area contributed by atoms with Gasteiger partial charge in [0.1, 0.15) is 22.1 Å². The standard InChI is InChI=1S/C25H34N2O7S2/c1-4-19(5-2)34-25(30)27-15-13-18(14-16-27)23(24(28)29)26-36(31,32)22-12-11-21(35-22)17-7-9-20(10-8-17)33-6-3/h7-12,18-19,23,26H,4-6,13-16H2,1-3H3,(H,28,29)/t23-/m1/s1. The molecule has 198 valence electrons. The number of thiophene rings is 1. The quantitative estimate of drug-likeness (QED) is 0.429.